The van der Waals surface area contributed by atoms with Crippen molar-refractivity contribution in [1.82, 2.24) is 5.32 Å². The highest BCUT2D eigenvalue weighted by atomic mass is 35.5. The first kappa shape index (κ1) is 13.6. The van der Waals surface area contributed by atoms with E-state index in [9.17, 15) is 4.79 Å². The van der Waals surface area contributed by atoms with Crippen molar-refractivity contribution < 1.29 is 9.53 Å². The summed E-state index contributed by atoms with van der Waals surface area (Å²) in [6.07, 6.45) is -0.393. The molecule has 3 nitrogen and oxygen atoms in total. The van der Waals surface area contributed by atoms with Gasteiger partial charge in [-0.15, -0.1) is 11.6 Å². The minimum atomic E-state index is -0.449. The maximum atomic E-state index is 11.2. The van der Waals surface area contributed by atoms with Crippen molar-refractivity contribution in [2.45, 2.75) is 40.2 Å². The maximum absolute atomic E-state index is 11.2. The van der Waals surface area contributed by atoms with Crippen LogP contribution in [0, 0.1) is 5.41 Å². The van der Waals surface area contributed by atoms with E-state index in [1.54, 1.807) is 0 Å². The lowest BCUT2D eigenvalue weighted by atomic mass is 9.97. The van der Waals surface area contributed by atoms with Gasteiger partial charge < -0.3 is 10.1 Å². The Morgan fingerprint density at radius 2 is 1.79 bits per heavy atom. The first-order valence-corrected chi connectivity index (χ1v) is 5.22. The van der Waals surface area contributed by atoms with Crippen LogP contribution in [-0.4, -0.2) is 24.1 Å². The van der Waals surface area contributed by atoms with Crippen molar-refractivity contribution in [2.75, 3.05) is 12.4 Å². The van der Waals surface area contributed by atoms with Crippen LogP contribution in [0.15, 0.2) is 0 Å². The second-order valence-electron chi connectivity index (χ2n) is 5.15. The number of rotatable bonds is 3. The van der Waals surface area contributed by atoms with Crippen LogP contribution in [-0.2, 0) is 4.74 Å². The third kappa shape index (κ3) is 7.01. The summed E-state index contributed by atoms with van der Waals surface area (Å²) in [4.78, 5) is 11.2. The normalized spacial score (nSPS) is 12.4. The fourth-order valence-corrected chi connectivity index (χ4v) is 0.767. The van der Waals surface area contributed by atoms with Crippen molar-refractivity contribution in [3.8, 4) is 0 Å². The maximum Gasteiger partial charge on any atom is 0.407 e. The molecule has 1 N–H and O–H groups in total. The van der Waals surface area contributed by atoms with E-state index >= 15 is 0 Å². The van der Waals surface area contributed by atoms with E-state index in [1.165, 1.54) is 0 Å². The molecule has 0 saturated carbocycles. The number of alkyl halides is 1. The Labute approximate surface area is 91.2 Å². The lowest BCUT2D eigenvalue weighted by Crippen LogP contribution is -2.38. The highest BCUT2D eigenvalue weighted by Gasteiger charge is 2.20. The van der Waals surface area contributed by atoms with E-state index in [4.69, 9.17) is 16.3 Å². The van der Waals surface area contributed by atoms with Gasteiger partial charge in [0.2, 0.25) is 0 Å². The van der Waals surface area contributed by atoms with E-state index in [0.29, 0.717) is 12.4 Å². The Bertz CT molecular complexity index is 197. The second kappa shape index (κ2) is 4.87. The zero-order chi connectivity index (χ0) is 11.4. The Morgan fingerprint density at radius 3 is 2.14 bits per heavy atom. The molecule has 0 fully saturated rings. The van der Waals surface area contributed by atoms with E-state index in [2.05, 4.69) is 5.32 Å². The lowest BCUT2D eigenvalue weighted by molar-refractivity contribution is 0.0510. The van der Waals surface area contributed by atoms with Crippen molar-refractivity contribution >= 4 is 17.7 Å². The third-order valence-corrected chi connectivity index (χ3v) is 2.20. The summed E-state index contributed by atoms with van der Waals surface area (Å²) in [5.74, 6) is 0.503. The largest absolute Gasteiger partial charge is 0.444 e. The SMILES string of the molecule is CC(C)(CCl)CNC(=O)OC(C)(C)C. The van der Waals surface area contributed by atoms with Gasteiger partial charge in [0.05, 0.1) is 0 Å². The van der Waals surface area contributed by atoms with Gasteiger partial charge in [-0.2, -0.15) is 0 Å². The molecule has 0 aliphatic rings. The summed E-state index contributed by atoms with van der Waals surface area (Å²) >= 11 is 5.72. The molecule has 0 aliphatic heterocycles. The number of hydrogen-bond acceptors (Lipinski definition) is 2. The number of amides is 1. The summed E-state index contributed by atoms with van der Waals surface area (Å²) < 4.78 is 5.08. The van der Waals surface area contributed by atoms with E-state index in [-0.39, 0.29) is 5.41 Å². The predicted molar refractivity (Wildman–Crippen MR) is 58.7 cm³/mol. The quantitative estimate of drug-likeness (QED) is 0.745. The molecule has 1 amide bonds. The molecule has 0 heterocycles. The molecule has 0 atom stereocenters. The van der Waals surface area contributed by atoms with Gasteiger partial charge in [0.1, 0.15) is 5.60 Å². The van der Waals surface area contributed by atoms with E-state index in [0.717, 1.165) is 0 Å². The number of ether oxygens (including phenoxy) is 1. The Morgan fingerprint density at radius 1 is 1.29 bits per heavy atom. The summed E-state index contributed by atoms with van der Waals surface area (Å²) in [5, 5.41) is 2.68. The molecule has 0 bridgehead atoms. The fraction of sp³-hybridized carbons (Fsp3) is 0.900. The van der Waals surface area contributed by atoms with Crippen LogP contribution in [0.25, 0.3) is 0 Å². The summed E-state index contributed by atoms with van der Waals surface area (Å²) in [6.45, 7) is 9.98. The highest BCUT2D eigenvalue weighted by molar-refractivity contribution is 6.18. The molecule has 0 aliphatic carbocycles. The van der Waals surface area contributed by atoms with Crippen LogP contribution >= 0.6 is 11.6 Å². The van der Waals surface area contributed by atoms with Crippen LogP contribution in [0.5, 0.6) is 0 Å². The average Bonchev–Trinajstić information content (AvgIpc) is 1.98. The molecule has 0 spiro atoms. The standard InChI is InChI=1S/C10H20ClNO2/c1-9(2,3)14-8(13)12-7-10(4,5)6-11/h6-7H2,1-5H3,(H,12,13). The van der Waals surface area contributed by atoms with E-state index in [1.807, 2.05) is 34.6 Å². The molecule has 84 valence electrons. The topological polar surface area (TPSA) is 38.3 Å². The Kier molecular flexibility index (Phi) is 4.72. The Balaban J connectivity index is 3.87. The van der Waals surface area contributed by atoms with Crippen LogP contribution < -0.4 is 5.32 Å². The van der Waals surface area contributed by atoms with Crippen LogP contribution in [0.4, 0.5) is 4.79 Å². The molecule has 0 saturated heterocycles. The molecular formula is C10H20ClNO2. The number of hydrogen-bond donors (Lipinski definition) is 1. The number of nitrogens with one attached hydrogen (secondary N) is 1. The monoisotopic (exact) mass is 221 g/mol. The number of carbonyl (C=O) groups is 1. The minimum absolute atomic E-state index is 0.0988. The van der Waals surface area contributed by atoms with Crippen molar-refractivity contribution in [3.05, 3.63) is 0 Å². The van der Waals surface area contributed by atoms with Gasteiger partial charge in [-0.3, -0.25) is 0 Å². The third-order valence-electron chi connectivity index (χ3n) is 1.47. The number of carbonyl (C=O) groups excluding carboxylic acids is 1. The Hall–Kier alpha value is -0.440. The molecule has 0 aromatic carbocycles. The average molecular weight is 222 g/mol. The van der Waals surface area contributed by atoms with Gasteiger partial charge >= 0.3 is 6.09 Å². The highest BCUT2D eigenvalue weighted by Crippen LogP contribution is 2.15. The molecule has 14 heavy (non-hydrogen) atoms. The molecule has 0 aromatic rings. The second-order valence-corrected chi connectivity index (χ2v) is 5.42. The predicted octanol–water partition coefficient (Wildman–Crippen LogP) is 2.78. The zero-order valence-corrected chi connectivity index (χ0v) is 10.4. The van der Waals surface area contributed by atoms with Gasteiger partial charge in [-0.05, 0) is 26.2 Å². The van der Waals surface area contributed by atoms with Crippen molar-refractivity contribution in [1.29, 1.82) is 0 Å². The number of alkyl carbamates (subject to hydrolysis) is 1. The smallest absolute Gasteiger partial charge is 0.407 e. The molecular weight excluding hydrogens is 202 g/mol. The van der Waals surface area contributed by atoms with Crippen molar-refractivity contribution in [2.24, 2.45) is 5.41 Å². The zero-order valence-electron chi connectivity index (χ0n) is 9.61. The van der Waals surface area contributed by atoms with Crippen LogP contribution in [0.3, 0.4) is 0 Å². The van der Waals surface area contributed by atoms with Gasteiger partial charge in [0, 0.05) is 12.4 Å². The molecule has 0 radical (unpaired) electrons. The van der Waals surface area contributed by atoms with Gasteiger partial charge in [-0.1, -0.05) is 13.8 Å². The summed E-state index contributed by atoms with van der Waals surface area (Å²) in [7, 11) is 0. The molecule has 0 unspecified atom stereocenters. The summed E-state index contributed by atoms with van der Waals surface area (Å²) in [5.41, 5.74) is -0.548. The number of halogens is 1. The van der Waals surface area contributed by atoms with E-state index < -0.39 is 11.7 Å². The minimum Gasteiger partial charge on any atom is -0.444 e. The van der Waals surface area contributed by atoms with Crippen molar-refractivity contribution in [3.63, 3.8) is 0 Å². The van der Waals surface area contributed by atoms with Gasteiger partial charge in [-0.25, -0.2) is 4.79 Å². The first-order chi connectivity index (χ1) is 6.16. The summed E-state index contributed by atoms with van der Waals surface area (Å²) in [6, 6.07) is 0. The fourth-order valence-electron chi connectivity index (χ4n) is 0.673. The van der Waals surface area contributed by atoms with Gasteiger partial charge in [0.25, 0.3) is 0 Å². The lowest BCUT2D eigenvalue weighted by Gasteiger charge is -2.24. The molecule has 4 heteroatoms. The first-order valence-electron chi connectivity index (χ1n) is 4.69. The van der Waals surface area contributed by atoms with Crippen LogP contribution in [0.1, 0.15) is 34.6 Å². The molecule has 0 rings (SSSR count). The van der Waals surface area contributed by atoms with Gasteiger partial charge in [0.15, 0.2) is 0 Å². The molecule has 0 aromatic heterocycles. The van der Waals surface area contributed by atoms with Crippen LogP contribution in [0.2, 0.25) is 0 Å².